The second-order valence-corrected chi connectivity index (χ2v) is 4.23. The van der Waals surface area contributed by atoms with Crippen molar-refractivity contribution in [3.8, 4) is 0 Å². The first-order valence-electron chi connectivity index (χ1n) is 3.72. The molecule has 1 nitrogen and oxygen atoms in total. The van der Waals surface area contributed by atoms with Crippen molar-refractivity contribution in [2.45, 2.75) is 35.9 Å². The van der Waals surface area contributed by atoms with Gasteiger partial charge in [-0.25, -0.2) is 0 Å². The van der Waals surface area contributed by atoms with E-state index in [1.165, 1.54) is 12.8 Å². The summed E-state index contributed by atoms with van der Waals surface area (Å²) in [6, 6.07) is 0. The first kappa shape index (κ1) is 8.63. The van der Waals surface area contributed by atoms with Gasteiger partial charge in [0.25, 0.3) is 0 Å². The minimum Gasteiger partial charge on any atom is -0.329 e. The van der Waals surface area contributed by atoms with Crippen LogP contribution in [0.2, 0.25) is 0 Å². The third kappa shape index (κ3) is 1.58. The average molecular weight is 182 g/mol. The number of halogens is 2. The predicted octanol–water partition coefficient (Wildman–Crippen LogP) is 2.10. The minimum atomic E-state index is -0.306. The Bertz CT molecular complexity index is 118. The lowest BCUT2D eigenvalue weighted by molar-refractivity contribution is 0.403. The van der Waals surface area contributed by atoms with Crippen molar-refractivity contribution in [1.29, 1.82) is 0 Å². The number of hydrogen-bond donors (Lipinski definition) is 1. The lowest BCUT2D eigenvalue weighted by atomic mass is 9.88. The molecule has 1 aliphatic rings. The lowest BCUT2D eigenvalue weighted by Gasteiger charge is -2.34. The summed E-state index contributed by atoms with van der Waals surface area (Å²) in [5.74, 6) is 0. The molecular formula is C7H13Cl2N. The maximum absolute atomic E-state index is 6.15. The summed E-state index contributed by atoms with van der Waals surface area (Å²) in [5, 5.41) is 0.0768. The fourth-order valence-electron chi connectivity index (χ4n) is 1.39. The molecule has 0 aliphatic heterocycles. The van der Waals surface area contributed by atoms with Gasteiger partial charge in [0.2, 0.25) is 0 Å². The molecule has 1 rings (SSSR count). The van der Waals surface area contributed by atoms with Gasteiger partial charge in [-0.1, -0.05) is 12.8 Å². The van der Waals surface area contributed by atoms with Gasteiger partial charge in [0.05, 0.1) is 10.3 Å². The second kappa shape index (κ2) is 3.29. The molecule has 60 valence electrons. The van der Waals surface area contributed by atoms with Gasteiger partial charge in [-0.2, -0.15) is 0 Å². The molecule has 1 saturated carbocycles. The SMILES string of the molecule is NCC1(Cl)CCCCC1Cl. The highest BCUT2D eigenvalue weighted by Crippen LogP contribution is 2.36. The molecule has 0 heterocycles. The molecule has 0 saturated heterocycles. The molecule has 10 heavy (non-hydrogen) atoms. The van der Waals surface area contributed by atoms with E-state index < -0.39 is 0 Å². The number of alkyl halides is 2. The van der Waals surface area contributed by atoms with E-state index >= 15 is 0 Å². The van der Waals surface area contributed by atoms with E-state index in [4.69, 9.17) is 28.9 Å². The molecule has 2 atom stereocenters. The quantitative estimate of drug-likeness (QED) is 0.617. The third-order valence-electron chi connectivity index (χ3n) is 2.20. The van der Waals surface area contributed by atoms with Crippen LogP contribution < -0.4 is 5.73 Å². The standard InChI is InChI=1S/C7H13Cl2N/c8-6-3-1-2-4-7(6,9)5-10/h6H,1-5,10H2. The van der Waals surface area contributed by atoms with Crippen molar-refractivity contribution in [3.63, 3.8) is 0 Å². The number of hydrogen-bond acceptors (Lipinski definition) is 1. The topological polar surface area (TPSA) is 26.0 Å². The van der Waals surface area contributed by atoms with Gasteiger partial charge >= 0.3 is 0 Å². The van der Waals surface area contributed by atoms with E-state index in [2.05, 4.69) is 0 Å². The van der Waals surface area contributed by atoms with Crippen LogP contribution in [0.5, 0.6) is 0 Å². The Labute approximate surface area is 71.9 Å². The zero-order valence-corrected chi connectivity index (χ0v) is 7.46. The summed E-state index contributed by atoms with van der Waals surface area (Å²) in [4.78, 5) is -0.306. The van der Waals surface area contributed by atoms with Crippen molar-refractivity contribution in [2.75, 3.05) is 6.54 Å². The highest BCUT2D eigenvalue weighted by Gasteiger charge is 2.36. The summed E-state index contributed by atoms with van der Waals surface area (Å²) < 4.78 is 0. The van der Waals surface area contributed by atoms with Gasteiger partial charge in [0.15, 0.2) is 0 Å². The molecule has 1 fully saturated rings. The van der Waals surface area contributed by atoms with Crippen molar-refractivity contribution in [3.05, 3.63) is 0 Å². The van der Waals surface area contributed by atoms with E-state index in [9.17, 15) is 0 Å². The summed E-state index contributed by atoms with van der Waals surface area (Å²) >= 11 is 12.2. The molecule has 0 aromatic carbocycles. The summed E-state index contributed by atoms with van der Waals surface area (Å²) in [6.07, 6.45) is 4.36. The summed E-state index contributed by atoms with van der Waals surface area (Å²) in [5.41, 5.74) is 5.51. The third-order valence-corrected chi connectivity index (χ3v) is 3.55. The van der Waals surface area contributed by atoms with Crippen LogP contribution in [0.15, 0.2) is 0 Å². The fraction of sp³-hybridized carbons (Fsp3) is 1.00. The molecule has 0 amide bonds. The Morgan fingerprint density at radius 2 is 2.20 bits per heavy atom. The first-order valence-corrected chi connectivity index (χ1v) is 4.53. The molecule has 0 spiro atoms. The van der Waals surface area contributed by atoms with Crippen LogP contribution in [0, 0.1) is 0 Å². The smallest absolute Gasteiger partial charge is 0.0731 e. The maximum atomic E-state index is 6.15. The monoisotopic (exact) mass is 181 g/mol. The van der Waals surface area contributed by atoms with E-state index in [1.807, 2.05) is 0 Å². The van der Waals surface area contributed by atoms with E-state index in [-0.39, 0.29) is 10.3 Å². The molecule has 1 aliphatic carbocycles. The number of nitrogens with two attached hydrogens (primary N) is 1. The van der Waals surface area contributed by atoms with Gasteiger partial charge in [0.1, 0.15) is 0 Å². The first-order chi connectivity index (χ1) is 4.69. The van der Waals surface area contributed by atoms with E-state index in [1.54, 1.807) is 0 Å². The fourth-order valence-corrected chi connectivity index (χ4v) is 1.98. The lowest BCUT2D eigenvalue weighted by Crippen LogP contribution is -2.42. The van der Waals surface area contributed by atoms with Crippen molar-refractivity contribution in [1.82, 2.24) is 0 Å². The average Bonchev–Trinajstić information content (AvgIpc) is 1.96. The van der Waals surface area contributed by atoms with Crippen LogP contribution in [0.25, 0.3) is 0 Å². The van der Waals surface area contributed by atoms with Crippen molar-refractivity contribution >= 4 is 23.2 Å². The number of rotatable bonds is 1. The predicted molar refractivity (Wildman–Crippen MR) is 45.7 cm³/mol. The van der Waals surface area contributed by atoms with E-state index in [0.717, 1.165) is 12.8 Å². The molecule has 0 aromatic rings. The highest BCUT2D eigenvalue weighted by molar-refractivity contribution is 6.32. The zero-order chi connectivity index (χ0) is 7.61. The molecule has 3 heteroatoms. The van der Waals surface area contributed by atoms with Crippen LogP contribution in [0.4, 0.5) is 0 Å². The van der Waals surface area contributed by atoms with Crippen LogP contribution in [-0.2, 0) is 0 Å². The van der Waals surface area contributed by atoms with Gasteiger partial charge in [-0.3, -0.25) is 0 Å². The van der Waals surface area contributed by atoms with Gasteiger partial charge in [-0.05, 0) is 12.8 Å². The molecule has 2 N–H and O–H groups in total. The molecule has 0 bridgehead atoms. The van der Waals surface area contributed by atoms with Crippen molar-refractivity contribution < 1.29 is 0 Å². The maximum Gasteiger partial charge on any atom is 0.0731 e. The van der Waals surface area contributed by atoms with Crippen LogP contribution in [0.1, 0.15) is 25.7 Å². The largest absolute Gasteiger partial charge is 0.329 e. The Morgan fingerprint density at radius 3 is 2.60 bits per heavy atom. The zero-order valence-electron chi connectivity index (χ0n) is 5.95. The van der Waals surface area contributed by atoms with Crippen LogP contribution >= 0.6 is 23.2 Å². The molecular weight excluding hydrogens is 169 g/mol. The Hall–Kier alpha value is 0.540. The Balaban J connectivity index is 2.54. The minimum absolute atomic E-state index is 0.0768. The second-order valence-electron chi connectivity index (χ2n) is 2.95. The summed E-state index contributed by atoms with van der Waals surface area (Å²) in [7, 11) is 0. The van der Waals surface area contributed by atoms with Gasteiger partial charge < -0.3 is 5.73 Å². The van der Waals surface area contributed by atoms with Gasteiger partial charge in [0, 0.05) is 6.54 Å². The molecule has 2 unspecified atom stereocenters. The Kier molecular flexibility index (Phi) is 2.84. The Morgan fingerprint density at radius 1 is 1.50 bits per heavy atom. The summed E-state index contributed by atoms with van der Waals surface area (Å²) in [6.45, 7) is 0.503. The molecule has 0 radical (unpaired) electrons. The highest BCUT2D eigenvalue weighted by atomic mass is 35.5. The van der Waals surface area contributed by atoms with E-state index in [0.29, 0.717) is 6.54 Å². The van der Waals surface area contributed by atoms with Crippen molar-refractivity contribution in [2.24, 2.45) is 5.73 Å². The molecule has 0 aromatic heterocycles. The van der Waals surface area contributed by atoms with Crippen LogP contribution in [0.3, 0.4) is 0 Å². The normalized spacial score (nSPS) is 41.7. The van der Waals surface area contributed by atoms with Gasteiger partial charge in [-0.15, -0.1) is 23.2 Å². The van der Waals surface area contributed by atoms with Crippen LogP contribution in [-0.4, -0.2) is 16.8 Å².